The number of thiol groups is 3. The van der Waals surface area contributed by atoms with Crippen LogP contribution in [0.1, 0.15) is 27.8 Å². The molecular formula is C12H18Cu2N2S3W-4. The average molecular weight is 597 g/mol. The van der Waals surface area contributed by atoms with Gasteiger partial charge in [-0.2, -0.15) is 27.8 Å². The van der Waals surface area contributed by atoms with Crippen molar-refractivity contribution in [2.45, 2.75) is 34.6 Å². The SMILES string of the molecule is Cc1c(C)c(C)[c-](C)c1C.[C-]#N.[C-]#N.[Cu+].[Cu+].[SH-].[SH-].[SH-].[W]. The van der Waals surface area contributed by atoms with E-state index in [-0.39, 0.29) is 95.7 Å². The van der Waals surface area contributed by atoms with Gasteiger partial charge in [0.15, 0.2) is 0 Å². The molecule has 0 unspecified atom stereocenters. The van der Waals surface area contributed by atoms with Crippen molar-refractivity contribution in [3.05, 3.63) is 41.0 Å². The molecule has 0 amide bonds. The van der Waals surface area contributed by atoms with Gasteiger partial charge in [0.05, 0.1) is 0 Å². The Hall–Kier alpha value is 1.11. The average Bonchev–Trinajstić information content (AvgIpc) is 2.42. The zero-order valence-corrected chi connectivity index (χ0v) is 19.2. The fourth-order valence-corrected chi connectivity index (χ4v) is 1.41. The molecular weight excluding hydrogens is 579 g/mol. The van der Waals surface area contributed by atoms with Gasteiger partial charge in [-0.05, 0) is 0 Å². The molecule has 20 heavy (non-hydrogen) atoms. The van der Waals surface area contributed by atoms with Crippen molar-refractivity contribution in [2.75, 3.05) is 0 Å². The zero-order valence-electron chi connectivity index (χ0n) is 11.7. The van der Waals surface area contributed by atoms with E-state index in [0.29, 0.717) is 0 Å². The van der Waals surface area contributed by atoms with Gasteiger partial charge < -0.3 is 64.2 Å². The molecule has 0 fully saturated rings. The minimum absolute atomic E-state index is 0. The van der Waals surface area contributed by atoms with E-state index in [4.69, 9.17) is 23.7 Å². The largest absolute Gasteiger partial charge is 1.00 e. The summed E-state index contributed by atoms with van der Waals surface area (Å²) in [4.78, 5) is 0. The van der Waals surface area contributed by atoms with Crippen LogP contribution in [0.2, 0.25) is 0 Å². The maximum absolute atomic E-state index is 6.25. The number of hydrogen-bond acceptors (Lipinski definition) is 5. The fraction of sp³-hybridized carbons (Fsp3) is 0.417. The number of hydrogen-bond donors (Lipinski definition) is 0. The third-order valence-corrected chi connectivity index (χ3v) is 2.81. The summed E-state index contributed by atoms with van der Waals surface area (Å²) in [6.07, 6.45) is 0. The summed E-state index contributed by atoms with van der Waals surface area (Å²) in [7, 11) is 0. The summed E-state index contributed by atoms with van der Waals surface area (Å²) in [5, 5.41) is 12.5. The maximum atomic E-state index is 6.25. The van der Waals surface area contributed by atoms with Crippen LogP contribution in [0.4, 0.5) is 0 Å². The first-order valence-corrected chi connectivity index (χ1v) is 4.20. The third kappa shape index (κ3) is 14.1. The zero-order chi connectivity index (χ0) is 11.9. The van der Waals surface area contributed by atoms with E-state index in [9.17, 15) is 0 Å². The molecule has 0 heterocycles. The molecule has 0 spiro atoms. The Morgan fingerprint density at radius 3 is 0.900 bits per heavy atom. The van der Waals surface area contributed by atoms with Crippen LogP contribution in [-0.2, 0) is 95.7 Å². The Labute approximate surface area is 180 Å². The van der Waals surface area contributed by atoms with Gasteiger partial charge in [0.1, 0.15) is 0 Å². The van der Waals surface area contributed by atoms with Crippen molar-refractivity contribution < 1.29 is 55.2 Å². The van der Waals surface area contributed by atoms with Gasteiger partial charge in [-0.15, -0.1) is 0 Å². The minimum Gasteiger partial charge on any atom is -0.813 e. The normalized spacial score (nSPS) is 5.45. The summed E-state index contributed by atoms with van der Waals surface area (Å²) >= 11 is 0. The molecule has 0 N–H and O–H groups in total. The number of nitrogens with zero attached hydrogens (tertiary/aromatic N) is 2. The molecule has 126 valence electrons. The molecule has 2 nitrogen and oxygen atoms in total. The van der Waals surface area contributed by atoms with E-state index in [1.165, 1.54) is 27.8 Å². The van der Waals surface area contributed by atoms with Crippen LogP contribution in [0.5, 0.6) is 0 Å². The molecule has 0 aliphatic heterocycles. The van der Waals surface area contributed by atoms with Crippen LogP contribution in [0.15, 0.2) is 0 Å². The first-order valence-electron chi connectivity index (χ1n) is 4.20. The molecule has 0 aromatic heterocycles. The Balaban J connectivity index is -0.0000000222. The second kappa shape index (κ2) is 28.3. The molecule has 8 heteroatoms. The molecule has 0 radical (unpaired) electrons. The fourth-order valence-electron chi connectivity index (χ4n) is 1.41. The Kier molecular flexibility index (Phi) is 70.3. The van der Waals surface area contributed by atoms with Crippen molar-refractivity contribution in [3.63, 3.8) is 0 Å². The molecule has 0 aliphatic rings. The van der Waals surface area contributed by atoms with Crippen LogP contribution in [0.25, 0.3) is 0 Å². The Morgan fingerprint density at radius 2 is 0.850 bits per heavy atom. The van der Waals surface area contributed by atoms with Crippen molar-refractivity contribution in [3.8, 4) is 0 Å². The van der Waals surface area contributed by atoms with E-state index in [0.717, 1.165) is 0 Å². The van der Waals surface area contributed by atoms with Gasteiger partial charge >= 0.3 is 34.1 Å². The molecule has 0 bridgehead atoms. The molecule has 0 saturated carbocycles. The van der Waals surface area contributed by atoms with Crippen LogP contribution < -0.4 is 0 Å². The van der Waals surface area contributed by atoms with Crippen molar-refractivity contribution >= 4 is 40.5 Å². The van der Waals surface area contributed by atoms with Crippen LogP contribution in [0.3, 0.4) is 0 Å². The van der Waals surface area contributed by atoms with Crippen LogP contribution in [-0.4, -0.2) is 0 Å². The van der Waals surface area contributed by atoms with E-state index < -0.39 is 0 Å². The van der Waals surface area contributed by atoms with Crippen molar-refractivity contribution in [1.29, 1.82) is 10.5 Å². The quantitative estimate of drug-likeness (QED) is 0.199. The maximum Gasteiger partial charge on any atom is 1.00 e. The Bertz CT molecular complexity index is 267. The van der Waals surface area contributed by atoms with Gasteiger partial charge in [0.25, 0.3) is 0 Å². The molecule has 0 atom stereocenters. The monoisotopic (exact) mass is 596 g/mol. The van der Waals surface area contributed by atoms with Crippen LogP contribution >= 0.6 is 0 Å². The molecule has 1 aromatic rings. The summed E-state index contributed by atoms with van der Waals surface area (Å²) in [6, 6.07) is 0. The third-order valence-electron chi connectivity index (χ3n) is 2.81. The van der Waals surface area contributed by atoms with E-state index in [2.05, 4.69) is 34.6 Å². The van der Waals surface area contributed by atoms with Crippen LogP contribution in [0, 0.1) is 58.3 Å². The summed E-state index contributed by atoms with van der Waals surface area (Å²) in [5.74, 6) is 0. The van der Waals surface area contributed by atoms with Gasteiger partial charge in [0.2, 0.25) is 0 Å². The van der Waals surface area contributed by atoms with E-state index in [1.54, 1.807) is 0 Å². The summed E-state index contributed by atoms with van der Waals surface area (Å²) in [5.41, 5.74) is 7.34. The number of rotatable bonds is 0. The van der Waals surface area contributed by atoms with Crippen molar-refractivity contribution in [1.82, 2.24) is 0 Å². The van der Waals surface area contributed by atoms with E-state index >= 15 is 0 Å². The predicted molar refractivity (Wildman–Crippen MR) is 81.9 cm³/mol. The summed E-state index contributed by atoms with van der Waals surface area (Å²) < 4.78 is 0. The molecule has 0 aliphatic carbocycles. The van der Waals surface area contributed by atoms with Gasteiger partial charge in [-0.1, -0.05) is 34.6 Å². The van der Waals surface area contributed by atoms with Gasteiger partial charge in [0, 0.05) is 21.1 Å². The molecule has 1 rings (SSSR count). The standard InChI is InChI=1S/C10H15.2CN.2Cu.3H2S.W/c1-6-7(2)9(4)10(5)8(6)3;2*1-2;;;;;;/h1-5H3;;;;;3*1H2;/q3*-1;2*+1;;;;/p-3. The van der Waals surface area contributed by atoms with Gasteiger partial charge in [-0.25, -0.2) is 0 Å². The molecule has 1 aromatic carbocycles. The molecule has 0 saturated heterocycles. The summed E-state index contributed by atoms with van der Waals surface area (Å²) in [6.45, 7) is 20.5. The second-order valence-electron chi connectivity index (χ2n) is 3.12. The van der Waals surface area contributed by atoms with E-state index in [1.807, 2.05) is 0 Å². The smallest absolute Gasteiger partial charge is 0.813 e. The first kappa shape index (κ1) is 49.7. The minimum atomic E-state index is 0. The first-order chi connectivity index (χ1) is 6.55. The predicted octanol–water partition coefficient (Wildman–Crippen LogP) is 2.32. The van der Waals surface area contributed by atoms with Crippen molar-refractivity contribution in [2.24, 2.45) is 0 Å². The topological polar surface area (TPSA) is 47.6 Å². The Morgan fingerprint density at radius 1 is 0.700 bits per heavy atom. The van der Waals surface area contributed by atoms with Gasteiger partial charge in [-0.3, -0.25) is 0 Å². The second-order valence-corrected chi connectivity index (χ2v) is 3.12.